The van der Waals surface area contributed by atoms with Crippen molar-refractivity contribution in [3.63, 3.8) is 0 Å². The van der Waals surface area contributed by atoms with Crippen LogP contribution in [-0.2, 0) is 0 Å². The van der Waals surface area contributed by atoms with Crippen molar-refractivity contribution in [1.29, 1.82) is 0 Å². The van der Waals surface area contributed by atoms with E-state index in [1.807, 2.05) is 11.8 Å². The molecule has 1 aromatic heterocycles. The summed E-state index contributed by atoms with van der Waals surface area (Å²) >= 11 is 0. The van der Waals surface area contributed by atoms with Crippen molar-refractivity contribution in [3.05, 3.63) is 59.9 Å². The van der Waals surface area contributed by atoms with Crippen LogP contribution in [0.5, 0.6) is 0 Å². The monoisotopic (exact) mass is 544 g/mol. The number of pyridine rings is 1. The SMILES string of the molecule is CCNC(=NCCNC(=O)c1cccnc1)N1CCN(c2cc(F)ccc2F)CC1.I. The molecular weight excluding hydrogens is 517 g/mol. The Morgan fingerprint density at radius 1 is 1.16 bits per heavy atom. The number of benzene rings is 1. The van der Waals surface area contributed by atoms with Crippen molar-refractivity contribution in [2.75, 3.05) is 50.7 Å². The number of piperazine rings is 1. The molecule has 3 rings (SSSR count). The molecule has 0 aliphatic carbocycles. The molecule has 0 spiro atoms. The van der Waals surface area contributed by atoms with E-state index in [1.165, 1.54) is 12.3 Å². The molecule has 1 aromatic carbocycles. The first kappa shape index (κ1) is 24.8. The van der Waals surface area contributed by atoms with Crippen molar-refractivity contribution in [1.82, 2.24) is 20.5 Å². The average molecular weight is 544 g/mol. The minimum atomic E-state index is -0.447. The Morgan fingerprint density at radius 3 is 2.61 bits per heavy atom. The summed E-state index contributed by atoms with van der Waals surface area (Å²) < 4.78 is 27.5. The first-order valence-corrected chi connectivity index (χ1v) is 10.00. The zero-order valence-corrected chi connectivity index (χ0v) is 19.7. The van der Waals surface area contributed by atoms with Crippen LogP contribution in [0, 0.1) is 11.6 Å². The van der Waals surface area contributed by atoms with Gasteiger partial charge in [-0.3, -0.25) is 14.8 Å². The van der Waals surface area contributed by atoms with Gasteiger partial charge in [0.1, 0.15) is 11.6 Å². The second-order valence-electron chi connectivity index (χ2n) is 6.80. The van der Waals surface area contributed by atoms with Crippen LogP contribution in [-0.4, -0.2) is 67.6 Å². The number of carbonyl (C=O) groups is 1. The largest absolute Gasteiger partial charge is 0.366 e. The first-order valence-electron chi connectivity index (χ1n) is 10.00. The van der Waals surface area contributed by atoms with Crippen LogP contribution >= 0.6 is 24.0 Å². The molecule has 1 fully saturated rings. The fourth-order valence-corrected chi connectivity index (χ4v) is 3.24. The van der Waals surface area contributed by atoms with Gasteiger partial charge in [-0.1, -0.05) is 0 Å². The number of amides is 1. The number of hydrogen-bond acceptors (Lipinski definition) is 4. The van der Waals surface area contributed by atoms with E-state index < -0.39 is 11.6 Å². The lowest BCUT2D eigenvalue weighted by Crippen LogP contribution is -2.53. The molecule has 2 heterocycles. The number of nitrogens with one attached hydrogen (secondary N) is 2. The highest BCUT2D eigenvalue weighted by Gasteiger charge is 2.22. The van der Waals surface area contributed by atoms with E-state index in [4.69, 9.17) is 0 Å². The van der Waals surface area contributed by atoms with Crippen LogP contribution in [0.1, 0.15) is 17.3 Å². The molecule has 1 aliphatic heterocycles. The topological polar surface area (TPSA) is 72.9 Å². The molecular formula is C21H27F2IN6O. The van der Waals surface area contributed by atoms with Gasteiger partial charge in [0.25, 0.3) is 5.91 Å². The smallest absolute Gasteiger partial charge is 0.252 e. The van der Waals surface area contributed by atoms with Crippen LogP contribution in [0.15, 0.2) is 47.7 Å². The molecule has 0 saturated carbocycles. The highest BCUT2D eigenvalue weighted by Crippen LogP contribution is 2.21. The van der Waals surface area contributed by atoms with E-state index in [2.05, 4.69) is 25.5 Å². The molecule has 0 unspecified atom stereocenters. The molecule has 1 amide bonds. The highest BCUT2D eigenvalue weighted by atomic mass is 127. The highest BCUT2D eigenvalue weighted by molar-refractivity contribution is 14.0. The predicted molar refractivity (Wildman–Crippen MR) is 128 cm³/mol. The number of aromatic nitrogens is 1. The number of aliphatic imine (C=N–C) groups is 1. The zero-order valence-electron chi connectivity index (χ0n) is 17.4. The number of carbonyl (C=O) groups excluding carboxylic acids is 1. The Morgan fingerprint density at radius 2 is 1.94 bits per heavy atom. The fourth-order valence-electron chi connectivity index (χ4n) is 3.24. The van der Waals surface area contributed by atoms with Gasteiger partial charge >= 0.3 is 0 Å². The maximum absolute atomic E-state index is 14.0. The number of halogens is 3. The second-order valence-corrected chi connectivity index (χ2v) is 6.80. The Hall–Kier alpha value is -2.50. The standard InChI is InChI=1S/C21H26F2N6O.HI/c1-2-25-21(27-9-8-26-20(30)16-4-3-7-24-15-16)29-12-10-28(11-13-29)19-14-17(22)5-6-18(19)23;/h3-7,14-15H,2,8-13H2,1H3,(H,25,27)(H,26,30);1H. The maximum atomic E-state index is 14.0. The number of guanidine groups is 1. The number of nitrogens with zero attached hydrogens (tertiary/aromatic N) is 4. The molecule has 7 nitrogen and oxygen atoms in total. The lowest BCUT2D eigenvalue weighted by molar-refractivity contribution is 0.0954. The Balaban J connectivity index is 0.00000341. The van der Waals surface area contributed by atoms with Crippen molar-refractivity contribution < 1.29 is 13.6 Å². The van der Waals surface area contributed by atoms with Crippen molar-refractivity contribution >= 4 is 41.5 Å². The molecule has 2 N–H and O–H groups in total. The third kappa shape index (κ3) is 7.01. The van der Waals surface area contributed by atoms with Crippen LogP contribution in [0.25, 0.3) is 0 Å². The lowest BCUT2D eigenvalue weighted by Gasteiger charge is -2.37. The third-order valence-corrected chi connectivity index (χ3v) is 4.75. The van der Waals surface area contributed by atoms with Gasteiger partial charge in [-0.15, -0.1) is 24.0 Å². The molecule has 31 heavy (non-hydrogen) atoms. The van der Waals surface area contributed by atoms with Crippen molar-refractivity contribution in [2.45, 2.75) is 6.92 Å². The Labute approximate surface area is 198 Å². The van der Waals surface area contributed by atoms with Gasteiger partial charge in [-0.2, -0.15) is 0 Å². The summed E-state index contributed by atoms with van der Waals surface area (Å²) in [6.07, 6.45) is 3.13. The van der Waals surface area contributed by atoms with Crippen LogP contribution < -0.4 is 15.5 Å². The molecule has 10 heteroatoms. The summed E-state index contributed by atoms with van der Waals surface area (Å²) in [4.78, 5) is 24.5. The van der Waals surface area contributed by atoms with Crippen molar-refractivity contribution in [2.24, 2.45) is 4.99 Å². The Bertz CT molecular complexity index is 875. The summed E-state index contributed by atoms with van der Waals surface area (Å²) in [6, 6.07) is 6.93. The third-order valence-electron chi connectivity index (χ3n) is 4.75. The number of anilines is 1. The molecule has 2 aromatic rings. The molecule has 0 atom stereocenters. The maximum Gasteiger partial charge on any atom is 0.252 e. The minimum Gasteiger partial charge on any atom is -0.366 e. The molecule has 1 aliphatic rings. The van der Waals surface area contributed by atoms with E-state index >= 15 is 0 Å². The average Bonchev–Trinajstić information content (AvgIpc) is 2.78. The molecule has 0 radical (unpaired) electrons. The lowest BCUT2D eigenvalue weighted by atomic mass is 10.2. The number of hydrogen-bond donors (Lipinski definition) is 2. The van der Waals surface area contributed by atoms with E-state index in [1.54, 1.807) is 18.3 Å². The van der Waals surface area contributed by atoms with Gasteiger partial charge in [-0.05, 0) is 31.2 Å². The van der Waals surface area contributed by atoms with Crippen LogP contribution in [0.2, 0.25) is 0 Å². The molecule has 0 bridgehead atoms. The summed E-state index contributed by atoms with van der Waals surface area (Å²) in [5.41, 5.74) is 0.795. The molecule has 168 valence electrons. The van der Waals surface area contributed by atoms with Gasteiger partial charge in [-0.25, -0.2) is 8.78 Å². The number of rotatable bonds is 6. The van der Waals surface area contributed by atoms with Crippen LogP contribution in [0.4, 0.5) is 14.5 Å². The van der Waals surface area contributed by atoms with Crippen molar-refractivity contribution in [3.8, 4) is 0 Å². The van der Waals surface area contributed by atoms with Gasteiger partial charge in [0.2, 0.25) is 0 Å². The summed E-state index contributed by atoms with van der Waals surface area (Å²) in [7, 11) is 0. The minimum absolute atomic E-state index is 0. The van der Waals surface area contributed by atoms with Gasteiger partial charge in [0, 0.05) is 57.7 Å². The van der Waals surface area contributed by atoms with Gasteiger partial charge in [0.15, 0.2) is 5.96 Å². The summed E-state index contributed by atoms with van der Waals surface area (Å²) in [5, 5.41) is 6.07. The second kappa shape index (κ2) is 12.4. The Kier molecular flexibility index (Phi) is 9.89. The summed E-state index contributed by atoms with van der Waals surface area (Å²) in [6.45, 7) is 5.89. The van der Waals surface area contributed by atoms with E-state index in [9.17, 15) is 13.6 Å². The van der Waals surface area contributed by atoms with Gasteiger partial charge in [0.05, 0.1) is 17.8 Å². The first-order chi connectivity index (χ1) is 14.6. The zero-order chi connectivity index (χ0) is 21.3. The van der Waals surface area contributed by atoms with E-state index in [0.29, 0.717) is 51.4 Å². The quantitative estimate of drug-likeness (QED) is 0.253. The van der Waals surface area contributed by atoms with E-state index in [-0.39, 0.29) is 35.6 Å². The van der Waals surface area contributed by atoms with Gasteiger partial charge < -0.3 is 20.4 Å². The van der Waals surface area contributed by atoms with Crippen LogP contribution in [0.3, 0.4) is 0 Å². The normalized spacial score (nSPS) is 14.1. The van der Waals surface area contributed by atoms with E-state index in [0.717, 1.165) is 18.1 Å². The predicted octanol–water partition coefficient (Wildman–Crippen LogP) is 2.50. The fraction of sp³-hybridized carbons (Fsp3) is 0.381. The summed E-state index contributed by atoms with van der Waals surface area (Å²) in [5.74, 6) is -0.312. The molecule has 1 saturated heterocycles.